The highest BCUT2D eigenvalue weighted by molar-refractivity contribution is 8.76. The molecule has 0 aliphatic carbocycles. The van der Waals surface area contributed by atoms with Crippen LogP contribution in [0.2, 0.25) is 0 Å². The molecule has 2 saturated heterocycles. The molecule has 0 saturated carbocycles. The van der Waals surface area contributed by atoms with Crippen LogP contribution >= 0.6 is 21.6 Å². The van der Waals surface area contributed by atoms with E-state index in [1.54, 1.807) is 30.3 Å². The van der Waals surface area contributed by atoms with Crippen molar-refractivity contribution in [3.8, 4) is 5.75 Å². The molecule has 11 amide bonds. The summed E-state index contributed by atoms with van der Waals surface area (Å²) in [5.41, 5.74) is 29.2. The fraction of sp³-hybridized carbons (Fsp3) is 0.500. The van der Waals surface area contributed by atoms with Crippen molar-refractivity contribution in [2.45, 2.75) is 113 Å². The number of amides is 11. The van der Waals surface area contributed by atoms with Crippen LogP contribution in [0.1, 0.15) is 62.5 Å². The van der Waals surface area contributed by atoms with Gasteiger partial charge in [0.2, 0.25) is 65.0 Å². The van der Waals surface area contributed by atoms with Gasteiger partial charge in [0.1, 0.15) is 48.0 Å². The van der Waals surface area contributed by atoms with Crippen LogP contribution in [0.25, 0.3) is 0 Å². The van der Waals surface area contributed by atoms with E-state index in [1.165, 1.54) is 29.2 Å². The highest BCUT2D eigenvalue weighted by Crippen LogP contribution is 2.26. The first-order chi connectivity index (χ1) is 34.8. The standard InChI is InChI=1S/C46H65N13O12S2/c47-17-5-4-9-29(40(65)52-22-38(51)63)54-45(70)35-10-6-18-59(35)46(71)34-24-73-72-23-28(48)39(64)55-31(20-26-11-13-27(60)14-12-26)43(68)56-32(19-25-7-2-1-3-8-25)42(67)53-30(15-16-36(49)61)41(66)57-33(21-37(50)62)44(69)58-34/h1-3,7-8,11-14,28-35,60H,4-6,9-10,15-24,47-48H2,(H2,49,61)(H2,50,62)(H2,51,63)(H,52,65)(H,53,67)(H,54,70)(H,55,64)(H,56,68)(H,57,66)(H,58,69)/t28-,29+,30-,31?,32-,33?,34?,35-/m1/s1. The first-order valence-corrected chi connectivity index (χ1v) is 26.0. The molecule has 18 N–H and O–H groups in total. The summed E-state index contributed by atoms with van der Waals surface area (Å²) in [7, 11) is 2.02. The number of likely N-dealkylation sites (tertiary alicyclic amines) is 1. The number of phenols is 1. The maximum atomic E-state index is 14.6. The normalized spacial score (nSPS) is 23.0. The zero-order chi connectivity index (χ0) is 53.6. The minimum atomic E-state index is -1.78. The summed E-state index contributed by atoms with van der Waals surface area (Å²) in [5.74, 6) is -10.0. The highest BCUT2D eigenvalue weighted by Gasteiger charge is 2.40. The average molecular weight is 1060 g/mol. The van der Waals surface area contributed by atoms with Crippen LogP contribution in [-0.4, -0.2) is 154 Å². The van der Waals surface area contributed by atoms with Gasteiger partial charge in [-0.25, -0.2) is 0 Å². The number of primary amides is 3. The van der Waals surface area contributed by atoms with Crippen molar-refractivity contribution in [2.24, 2.45) is 28.7 Å². The molecule has 4 rings (SSSR count). The third kappa shape index (κ3) is 19.5. The van der Waals surface area contributed by atoms with E-state index < -0.39 is 139 Å². The van der Waals surface area contributed by atoms with Crippen LogP contribution in [0.4, 0.5) is 0 Å². The predicted molar refractivity (Wildman–Crippen MR) is 269 cm³/mol. The van der Waals surface area contributed by atoms with Crippen LogP contribution in [0.15, 0.2) is 54.6 Å². The van der Waals surface area contributed by atoms with Crippen molar-refractivity contribution >= 4 is 86.6 Å². The largest absolute Gasteiger partial charge is 0.508 e. The Bertz CT molecular complexity index is 2300. The van der Waals surface area contributed by atoms with Gasteiger partial charge in [-0.15, -0.1) is 0 Å². The number of carbonyl (C=O) groups is 11. The Morgan fingerprint density at radius 2 is 1.27 bits per heavy atom. The molecule has 2 aliphatic heterocycles. The summed E-state index contributed by atoms with van der Waals surface area (Å²) >= 11 is 0. The molecule has 0 aromatic heterocycles. The Morgan fingerprint density at radius 3 is 1.89 bits per heavy atom. The third-order valence-corrected chi connectivity index (χ3v) is 14.1. The molecule has 2 aromatic carbocycles. The van der Waals surface area contributed by atoms with Gasteiger partial charge >= 0.3 is 0 Å². The molecule has 2 fully saturated rings. The number of phenolic OH excluding ortho intramolecular Hbond substituents is 1. The lowest BCUT2D eigenvalue weighted by molar-refractivity contribution is -0.142. The molecule has 8 atom stereocenters. The number of unbranched alkanes of at least 4 members (excludes halogenated alkanes) is 1. The van der Waals surface area contributed by atoms with Crippen LogP contribution < -0.4 is 65.9 Å². The van der Waals surface area contributed by atoms with Crippen molar-refractivity contribution in [1.29, 1.82) is 0 Å². The predicted octanol–water partition coefficient (Wildman–Crippen LogP) is -4.33. The SMILES string of the molecule is NCCCC[C@H](NC(=O)[C@H]1CCCN1C(=O)C1CSSC[C@@H](N)C(=O)NC(Cc2ccc(O)cc2)C(=O)N[C@H](Cc2ccccc2)C(=O)N[C@H](CCC(N)=O)C(=O)NC(CC(N)=O)C(=O)N1)C(=O)NCC(N)=O. The summed E-state index contributed by atoms with van der Waals surface area (Å²) in [4.78, 5) is 149. The zero-order valence-electron chi connectivity index (χ0n) is 40.0. The van der Waals surface area contributed by atoms with Crippen LogP contribution in [0.3, 0.4) is 0 Å². The van der Waals surface area contributed by atoms with Gasteiger partial charge in [0.05, 0.1) is 19.0 Å². The van der Waals surface area contributed by atoms with E-state index in [-0.39, 0.29) is 49.5 Å². The Hall–Kier alpha value is -6.97. The van der Waals surface area contributed by atoms with Gasteiger partial charge in [0.15, 0.2) is 0 Å². The monoisotopic (exact) mass is 1060 g/mol. The van der Waals surface area contributed by atoms with E-state index in [4.69, 9.17) is 28.7 Å². The first kappa shape index (κ1) is 58.6. The minimum Gasteiger partial charge on any atom is -0.508 e. The summed E-state index contributed by atoms with van der Waals surface area (Å²) in [6.45, 7) is -0.147. The molecule has 0 spiro atoms. The van der Waals surface area contributed by atoms with Crippen LogP contribution in [0.5, 0.6) is 5.75 Å². The van der Waals surface area contributed by atoms with Gasteiger partial charge in [0.25, 0.3) is 0 Å². The maximum absolute atomic E-state index is 14.6. The molecule has 0 bridgehead atoms. The number of carbonyl (C=O) groups excluding carboxylic acids is 11. The molecule has 0 radical (unpaired) electrons. The molecule has 2 heterocycles. The topological polar surface area (TPSA) is 426 Å². The summed E-state index contributed by atoms with van der Waals surface area (Å²) in [6.07, 6.45) is -0.386. The number of hydrogen-bond donors (Lipinski definition) is 13. The van der Waals surface area contributed by atoms with Gasteiger partial charge in [-0.3, -0.25) is 52.7 Å². The number of nitrogens with two attached hydrogens (primary N) is 5. The van der Waals surface area contributed by atoms with Crippen molar-refractivity contribution in [2.75, 3.05) is 31.1 Å². The Labute approximate surface area is 428 Å². The Balaban J connectivity index is 1.71. The molecule has 3 unspecified atom stereocenters. The van der Waals surface area contributed by atoms with Gasteiger partial charge in [-0.05, 0) is 68.3 Å². The van der Waals surface area contributed by atoms with Gasteiger partial charge in [-0.1, -0.05) is 64.1 Å². The van der Waals surface area contributed by atoms with Crippen molar-refractivity contribution < 1.29 is 57.8 Å². The van der Waals surface area contributed by atoms with E-state index in [1.807, 2.05) is 0 Å². The van der Waals surface area contributed by atoms with Crippen LogP contribution in [0, 0.1) is 0 Å². The highest BCUT2D eigenvalue weighted by atomic mass is 33.1. The Morgan fingerprint density at radius 1 is 0.699 bits per heavy atom. The summed E-state index contributed by atoms with van der Waals surface area (Å²) < 4.78 is 0. The van der Waals surface area contributed by atoms with Crippen molar-refractivity contribution in [3.63, 3.8) is 0 Å². The molecular weight excluding hydrogens is 991 g/mol. The lowest BCUT2D eigenvalue weighted by Gasteiger charge is -2.31. The molecule has 73 heavy (non-hydrogen) atoms. The van der Waals surface area contributed by atoms with Crippen molar-refractivity contribution in [3.05, 3.63) is 65.7 Å². The van der Waals surface area contributed by atoms with Gasteiger partial charge in [0, 0.05) is 37.3 Å². The minimum absolute atomic E-state index is 0.0324. The second-order valence-corrected chi connectivity index (χ2v) is 20.0. The number of benzene rings is 2. The fourth-order valence-electron chi connectivity index (χ4n) is 7.79. The number of nitrogens with zero attached hydrogens (tertiary/aromatic N) is 1. The van der Waals surface area contributed by atoms with Crippen LogP contribution in [-0.2, 0) is 65.6 Å². The van der Waals surface area contributed by atoms with E-state index in [9.17, 15) is 57.8 Å². The molecule has 27 heteroatoms. The smallest absolute Gasteiger partial charge is 0.246 e. The lowest BCUT2D eigenvalue weighted by atomic mass is 10.0. The van der Waals surface area contributed by atoms with E-state index >= 15 is 0 Å². The molecule has 25 nitrogen and oxygen atoms in total. The van der Waals surface area contributed by atoms with E-state index in [0.717, 1.165) is 21.6 Å². The zero-order valence-corrected chi connectivity index (χ0v) is 41.6. The number of hydrogen-bond acceptors (Lipinski definition) is 16. The quantitative estimate of drug-likeness (QED) is 0.0467. The Kier molecular flexibility index (Phi) is 23.7. The summed E-state index contributed by atoms with van der Waals surface area (Å²) in [6, 6.07) is 3.09. The molecule has 2 aliphatic rings. The second-order valence-electron chi connectivity index (χ2n) is 17.4. The summed E-state index contributed by atoms with van der Waals surface area (Å²) in [5, 5.41) is 27.7. The molecule has 2 aromatic rings. The van der Waals surface area contributed by atoms with Gasteiger partial charge in [-0.2, -0.15) is 0 Å². The second kappa shape index (κ2) is 29.5. The lowest BCUT2D eigenvalue weighted by Crippen LogP contribution is -2.61. The molecular formula is C46H65N13O12S2. The molecule has 398 valence electrons. The number of nitrogens with one attached hydrogen (secondary N) is 7. The van der Waals surface area contributed by atoms with Crippen molar-refractivity contribution in [1.82, 2.24) is 42.1 Å². The van der Waals surface area contributed by atoms with Gasteiger partial charge < -0.3 is 75.9 Å². The number of aromatic hydroxyl groups is 1. The number of rotatable bonds is 19. The van der Waals surface area contributed by atoms with E-state index in [0.29, 0.717) is 36.9 Å². The third-order valence-electron chi connectivity index (χ3n) is 11.6. The first-order valence-electron chi connectivity index (χ1n) is 23.5. The fourth-order valence-corrected chi connectivity index (χ4v) is 10.1. The maximum Gasteiger partial charge on any atom is 0.246 e. The van der Waals surface area contributed by atoms with E-state index in [2.05, 4.69) is 37.2 Å². The average Bonchev–Trinajstić information content (AvgIpc) is 3.85.